The average Bonchev–Trinajstić information content (AvgIpc) is 3.03. The van der Waals surface area contributed by atoms with Gasteiger partial charge >= 0.3 is 23.9 Å². The molecule has 0 fully saturated rings. The summed E-state index contributed by atoms with van der Waals surface area (Å²) < 4.78 is 4.87. The van der Waals surface area contributed by atoms with E-state index in [0.29, 0.717) is 11.1 Å². The van der Waals surface area contributed by atoms with Crippen molar-refractivity contribution in [3.8, 4) is 24.7 Å². The summed E-state index contributed by atoms with van der Waals surface area (Å²) in [5, 5.41) is 19.2. The Bertz CT molecular complexity index is 1780. The van der Waals surface area contributed by atoms with Gasteiger partial charge in [0.05, 0.1) is 22.3 Å². The number of ketones is 2. The van der Waals surface area contributed by atoms with E-state index in [1.807, 2.05) is 0 Å². The first-order chi connectivity index (χ1) is 20.5. The quantitative estimate of drug-likeness (QED) is 0.135. The minimum absolute atomic E-state index is 0.0903. The van der Waals surface area contributed by atoms with E-state index in [1.54, 1.807) is 0 Å². The monoisotopic (exact) mass is 570 g/mol. The van der Waals surface area contributed by atoms with E-state index in [9.17, 15) is 39.0 Å². The molecule has 0 aliphatic rings. The zero-order valence-electron chi connectivity index (χ0n) is 22.0. The van der Waals surface area contributed by atoms with Gasteiger partial charge in [0.25, 0.3) is 0 Å². The highest BCUT2D eigenvalue weighted by Crippen LogP contribution is 2.21. The van der Waals surface area contributed by atoms with Gasteiger partial charge in [-0.3, -0.25) is 9.59 Å². The third-order valence-electron chi connectivity index (χ3n) is 6.28. The molecule has 0 saturated carbocycles. The molecule has 0 atom stereocenters. The van der Waals surface area contributed by atoms with Crippen LogP contribution in [-0.2, 0) is 4.74 Å². The molecule has 0 aliphatic carbocycles. The average molecular weight is 571 g/mol. The fraction of sp³-hybridized carbons (Fsp3) is 0. The molecule has 0 aliphatic heterocycles. The minimum Gasteiger partial charge on any atom is -0.478 e. The van der Waals surface area contributed by atoms with Gasteiger partial charge in [0.1, 0.15) is 0 Å². The highest BCUT2D eigenvalue weighted by molar-refractivity contribution is 6.15. The summed E-state index contributed by atoms with van der Waals surface area (Å²) in [7, 11) is 0. The summed E-state index contributed by atoms with van der Waals surface area (Å²) in [4.78, 5) is 75.7. The number of benzene rings is 4. The fourth-order valence-electron chi connectivity index (χ4n) is 4.04. The van der Waals surface area contributed by atoms with E-state index < -0.39 is 57.7 Å². The van der Waals surface area contributed by atoms with Crippen LogP contribution in [-0.4, -0.2) is 45.7 Å². The lowest BCUT2D eigenvalue weighted by atomic mass is 9.97. The third-order valence-corrected chi connectivity index (χ3v) is 6.28. The van der Waals surface area contributed by atoms with Crippen molar-refractivity contribution in [1.29, 1.82) is 0 Å². The van der Waals surface area contributed by atoms with Crippen LogP contribution in [0.5, 0.6) is 0 Å². The molecule has 9 nitrogen and oxygen atoms in total. The van der Waals surface area contributed by atoms with E-state index in [0.717, 1.165) is 24.3 Å². The first-order valence-electron chi connectivity index (χ1n) is 12.3. The number of ether oxygens (including phenoxy) is 1. The van der Waals surface area contributed by atoms with Crippen LogP contribution in [0.3, 0.4) is 0 Å². The third kappa shape index (κ3) is 6.27. The van der Waals surface area contributed by atoms with Crippen molar-refractivity contribution < 1.29 is 43.7 Å². The number of aromatic carboxylic acids is 2. The van der Waals surface area contributed by atoms with Gasteiger partial charge in [-0.2, -0.15) is 0 Å². The van der Waals surface area contributed by atoms with Gasteiger partial charge in [0.15, 0.2) is 11.6 Å². The fourth-order valence-corrected chi connectivity index (χ4v) is 4.04. The highest BCUT2D eigenvalue weighted by atomic mass is 16.6. The lowest BCUT2D eigenvalue weighted by molar-refractivity contribution is 0.0386. The Morgan fingerprint density at radius 1 is 0.488 bits per heavy atom. The highest BCUT2D eigenvalue weighted by Gasteiger charge is 2.27. The number of esters is 2. The predicted molar refractivity (Wildman–Crippen MR) is 152 cm³/mol. The zero-order chi connectivity index (χ0) is 31.3. The van der Waals surface area contributed by atoms with Gasteiger partial charge in [-0.25, -0.2) is 19.2 Å². The summed E-state index contributed by atoms with van der Waals surface area (Å²) in [6, 6.07) is 18.2. The Labute approximate surface area is 244 Å². The molecule has 208 valence electrons. The van der Waals surface area contributed by atoms with Gasteiger partial charge in [-0.1, -0.05) is 24.0 Å². The molecule has 0 saturated heterocycles. The minimum atomic E-state index is -1.55. The van der Waals surface area contributed by atoms with E-state index in [2.05, 4.69) is 11.8 Å². The standard InChI is InChI=1S/C34H18O9/c1-3-19-5-9-21(10-6-19)29(35)23-13-15-25(31(37)38)27(17-23)33(41)43-34(42)28-18-24(14-16-26(28)32(39)40)30(36)22-11-7-20(4-2)8-12-22/h1-2,5-18H,(H,37,38)(H,39,40). The summed E-state index contributed by atoms with van der Waals surface area (Å²) in [6.07, 6.45) is 10.7. The molecule has 4 rings (SSSR count). The van der Waals surface area contributed by atoms with Crippen molar-refractivity contribution in [3.05, 3.63) is 141 Å². The van der Waals surface area contributed by atoms with Crippen molar-refractivity contribution in [3.63, 3.8) is 0 Å². The molecule has 43 heavy (non-hydrogen) atoms. The molecule has 4 aromatic carbocycles. The molecular formula is C34H18O9. The maximum atomic E-state index is 13.1. The van der Waals surface area contributed by atoms with Crippen LogP contribution >= 0.6 is 0 Å². The van der Waals surface area contributed by atoms with Gasteiger partial charge in [0, 0.05) is 33.4 Å². The van der Waals surface area contributed by atoms with E-state index in [-0.39, 0.29) is 22.3 Å². The molecule has 4 aromatic rings. The first-order valence-corrected chi connectivity index (χ1v) is 12.3. The number of terminal acetylenes is 2. The number of rotatable bonds is 8. The van der Waals surface area contributed by atoms with Crippen LogP contribution in [0.2, 0.25) is 0 Å². The van der Waals surface area contributed by atoms with Crippen molar-refractivity contribution in [2.75, 3.05) is 0 Å². The van der Waals surface area contributed by atoms with Gasteiger partial charge in [-0.05, 0) is 72.8 Å². The number of carbonyl (C=O) groups is 6. The van der Waals surface area contributed by atoms with E-state index >= 15 is 0 Å². The number of hydrogen-bond acceptors (Lipinski definition) is 7. The summed E-state index contributed by atoms with van der Waals surface area (Å²) >= 11 is 0. The first kappa shape index (κ1) is 29.4. The zero-order valence-corrected chi connectivity index (χ0v) is 22.0. The van der Waals surface area contributed by atoms with Crippen LogP contribution in [0.15, 0.2) is 84.9 Å². The molecule has 0 radical (unpaired) electrons. The number of carboxylic acids is 2. The molecule has 0 amide bonds. The number of carbonyl (C=O) groups excluding carboxylic acids is 4. The van der Waals surface area contributed by atoms with Crippen molar-refractivity contribution in [1.82, 2.24) is 0 Å². The molecule has 0 spiro atoms. The Hall–Kier alpha value is -6.58. The van der Waals surface area contributed by atoms with Crippen LogP contribution in [0.25, 0.3) is 0 Å². The van der Waals surface area contributed by atoms with Gasteiger partial charge in [0.2, 0.25) is 0 Å². The predicted octanol–water partition coefficient (Wildman–Crippen LogP) is 4.50. The summed E-state index contributed by atoms with van der Waals surface area (Å²) in [5.41, 5.74) is -1.17. The van der Waals surface area contributed by atoms with Crippen molar-refractivity contribution in [2.45, 2.75) is 0 Å². The second kappa shape index (κ2) is 12.3. The van der Waals surface area contributed by atoms with E-state index in [1.165, 1.54) is 60.7 Å². The Kier molecular flexibility index (Phi) is 8.41. The summed E-state index contributed by atoms with van der Waals surface area (Å²) in [6.45, 7) is 0. The van der Waals surface area contributed by atoms with Gasteiger partial charge < -0.3 is 14.9 Å². The molecule has 2 N–H and O–H groups in total. The Morgan fingerprint density at radius 3 is 1.12 bits per heavy atom. The Balaban J connectivity index is 1.67. The van der Waals surface area contributed by atoms with Crippen LogP contribution in [0.4, 0.5) is 0 Å². The molecular weight excluding hydrogens is 552 g/mol. The Morgan fingerprint density at radius 2 is 0.814 bits per heavy atom. The van der Waals surface area contributed by atoms with Crippen molar-refractivity contribution in [2.24, 2.45) is 0 Å². The second-order valence-electron chi connectivity index (χ2n) is 8.91. The number of hydrogen-bond donors (Lipinski definition) is 2. The summed E-state index contributed by atoms with van der Waals surface area (Å²) in [5.74, 6) is -2.35. The smallest absolute Gasteiger partial charge is 0.346 e. The van der Waals surface area contributed by atoms with Crippen LogP contribution in [0, 0.1) is 24.7 Å². The number of carboxylic acid groups (broad SMARTS) is 2. The van der Waals surface area contributed by atoms with Crippen LogP contribution in [0.1, 0.15) is 84.4 Å². The maximum absolute atomic E-state index is 13.1. The SMILES string of the molecule is C#Cc1ccc(C(=O)c2ccc(C(=O)O)c(C(=O)OC(=O)c3cc(C(=O)c4ccc(C#C)cc4)ccc3C(=O)O)c2)cc1. The molecule has 0 unspecified atom stereocenters. The largest absolute Gasteiger partial charge is 0.478 e. The molecule has 0 heterocycles. The molecule has 0 aromatic heterocycles. The topological polar surface area (TPSA) is 152 Å². The van der Waals surface area contributed by atoms with Crippen molar-refractivity contribution >= 4 is 35.4 Å². The lowest BCUT2D eigenvalue weighted by Gasteiger charge is -2.11. The molecule has 9 heteroatoms. The van der Waals surface area contributed by atoms with Crippen LogP contribution < -0.4 is 0 Å². The van der Waals surface area contributed by atoms with E-state index in [4.69, 9.17) is 17.6 Å². The lowest BCUT2D eigenvalue weighted by Crippen LogP contribution is -2.20. The van der Waals surface area contributed by atoms with Gasteiger partial charge in [-0.15, -0.1) is 12.8 Å². The maximum Gasteiger partial charge on any atom is 0.346 e. The normalized spacial score (nSPS) is 10.1. The molecule has 0 bridgehead atoms. The second-order valence-corrected chi connectivity index (χ2v) is 8.91.